The van der Waals surface area contributed by atoms with E-state index in [1.807, 2.05) is 12.1 Å². The zero-order valence-electron chi connectivity index (χ0n) is 9.53. The molecule has 0 amide bonds. The second-order valence-electron chi connectivity index (χ2n) is 4.76. The molecule has 0 aromatic heterocycles. The van der Waals surface area contributed by atoms with Gasteiger partial charge in [0, 0.05) is 0 Å². The highest BCUT2D eigenvalue weighted by atomic mass is 19.1. The summed E-state index contributed by atoms with van der Waals surface area (Å²) in [5.41, 5.74) is 0.744. The van der Waals surface area contributed by atoms with Crippen LogP contribution in [0.4, 0.5) is 4.39 Å². The number of hydrogen-bond acceptors (Lipinski definition) is 1. The largest absolute Gasteiger partial charge is 0.393 e. The molecule has 0 bridgehead atoms. The van der Waals surface area contributed by atoms with E-state index in [0.29, 0.717) is 6.42 Å². The molecule has 1 aliphatic carbocycles. The molecule has 88 valence electrons. The van der Waals surface area contributed by atoms with Crippen molar-refractivity contribution >= 4 is 0 Å². The van der Waals surface area contributed by atoms with Crippen LogP contribution in [0, 0.1) is 11.7 Å². The number of aliphatic hydroxyl groups excluding tert-OH is 1. The van der Waals surface area contributed by atoms with Crippen molar-refractivity contribution in [1.29, 1.82) is 0 Å². The van der Waals surface area contributed by atoms with Crippen LogP contribution in [0.15, 0.2) is 24.3 Å². The normalized spacial score (nSPS) is 26.4. The van der Waals surface area contributed by atoms with E-state index in [0.717, 1.165) is 31.2 Å². The van der Waals surface area contributed by atoms with Crippen LogP contribution < -0.4 is 0 Å². The second-order valence-corrected chi connectivity index (χ2v) is 4.76. The number of halogens is 1. The first-order valence-electron chi connectivity index (χ1n) is 6.19. The molecule has 16 heavy (non-hydrogen) atoms. The van der Waals surface area contributed by atoms with Gasteiger partial charge in [-0.05, 0) is 36.8 Å². The van der Waals surface area contributed by atoms with Crippen molar-refractivity contribution in [2.75, 3.05) is 0 Å². The smallest absolute Gasteiger partial charge is 0.126 e. The second kappa shape index (κ2) is 5.44. The summed E-state index contributed by atoms with van der Waals surface area (Å²) < 4.78 is 13.5. The predicted molar refractivity (Wildman–Crippen MR) is 62.7 cm³/mol. The van der Waals surface area contributed by atoms with Crippen molar-refractivity contribution in [3.05, 3.63) is 35.6 Å². The third kappa shape index (κ3) is 2.82. The number of aliphatic hydroxyl groups is 1. The highest BCUT2D eigenvalue weighted by Crippen LogP contribution is 2.27. The van der Waals surface area contributed by atoms with Gasteiger partial charge in [-0.3, -0.25) is 0 Å². The summed E-state index contributed by atoms with van der Waals surface area (Å²) >= 11 is 0. The van der Waals surface area contributed by atoms with E-state index < -0.39 is 0 Å². The van der Waals surface area contributed by atoms with Gasteiger partial charge in [-0.2, -0.15) is 0 Å². The van der Waals surface area contributed by atoms with Crippen LogP contribution in [0.3, 0.4) is 0 Å². The van der Waals surface area contributed by atoms with Gasteiger partial charge in [0.15, 0.2) is 0 Å². The molecule has 2 unspecified atom stereocenters. The molecule has 2 rings (SSSR count). The van der Waals surface area contributed by atoms with Crippen molar-refractivity contribution < 1.29 is 9.50 Å². The lowest BCUT2D eigenvalue weighted by Crippen LogP contribution is -2.21. The van der Waals surface area contributed by atoms with Crippen molar-refractivity contribution in [1.82, 2.24) is 0 Å². The van der Waals surface area contributed by atoms with Gasteiger partial charge < -0.3 is 5.11 Å². The zero-order valence-corrected chi connectivity index (χ0v) is 9.53. The Bertz CT molecular complexity index is 337. The van der Waals surface area contributed by atoms with Gasteiger partial charge in [0.1, 0.15) is 5.82 Å². The monoisotopic (exact) mass is 222 g/mol. The molecule has 2 heteroatoms. The lowest BCUT2D eigenvalue weighted by Gasteiger charge is -2.20. The molecule has 2 atom stereocenters. The van der Waals surface area contributed by atoms with E-state index in [-0.39, 0.29) is 17.8 Å². The van der Waals surface area contributed by atoms with Crippen LogP contribution in [0.1, 0.15) is 37.7 Å². The van der Waals surface area contributed by atoms with E-state index in [9.17, 15) is 9.50 Å². The van der Waals surface area contributed by atoms with Gasteiger partial charge in [0.25, 0.3) is 0 Å². The quantitative estimate of drug-likeness (QED) is 0.761. The minimum atomic E-state index is -0.248. The summed E-state index contributed by atoms with van der Waals surface area (Å²) in [6, 6.07) is 6.90. The number of rotatable bonds is 2. The summed E-state index contributed by atoms with van der Waals surface area (Å²) in [7, 11) is 0. The Hall–Kier alpha value is -0.890. The summed E-state index contributed by atoms with van der Waals surface area (Å²) in [6.07, 6.45) is 5.79. The molecule has 1 aromatic rings. The SMILES string of the molecule is OC1CCCCCC1Cc1ccccc1F. The van der Waals surface area contributed by atoms with Crippen molar-refractivity contribution in [3.8, 4) is 0 Å². The Balaban J connectivity index is 2.05. The predicted octanol–water partition coefficient (Wildman–Crippen LogP) is 3.31. The van der Waals surface area contributed by atoms with E-state index in [1.54, 1.807) is 6.07 Å². The molecule has 1 saturated carbocycles. The molecule has 1 aliphatic rings. The van der Waals surface area contributed by atoms with Gasteiger partial charge in [-0.15, -0.1) is 0 Å². The number of hydrogen-bond donors (Lipinski definition) is 1. The lowest BCUT2D eigenvalue weighted by atomic mass is 9.90. The molecule has 0 spiro atoms. The molecular formula is C14H19FO. The molecule has 0 saturated heterocycles. The molecule has 0 heterocycles. The molecule has 0 aliphatic heterocycles. The molecule has 0 radical (unpaired) electrons. The first-order valence-corrected chi connectivity index (χ1v) is 6.19. The van der Waals surface area contributed by atoms with E-state index >= 15 is 0 Å². The maximum atomic E-state index is 13.5. The number of benzene rings is 1. The average Bonchev–Trinajstić information content (AvgIpc) is 2.48. The summed E-state index contributed by atoms with van der Waals surface area (Å²) in [5.74, 6) is 0.0957. The first-order chi connectivity index (χ1) is 7.77. The summed E-state index contributed by atoms with van der Waals surface area (Å²) in [6.45, 7) is 0. The first kappa shape index (κ1) is 11.6. The fourth-order valence-electron chi connectivity index (χ4n) is 2.55. The fraction of sp³-hybridized carbons (Fsp3) is 0.571. The van der Waals surface area contributed by atoms with Crippen LogP contribution in [-0.4, -0.2) is 11.2 Å². The van der Waals surface area contributed by atoms with Crippen LogP contribution in [0.5, 0.6) is 0 Å². The third-order valence-electron chi connectivity index (χ3n) is 3.56. The van der Waals surface area contributed by atoms with Crippen LogP contribution in [0.25, 0.3) is 0 Å². The van der Waals surface area contributed by atoms with Gasteiger partial charge in [-0.25, -0.2) is 4.39 Å². The minimum Gasteiger partial charge on any atom is -0.393 e. The Labute approximate surface area is 96.3 Å². The molecule has 1 N–H and O–H groups in total. The van der Waals surface area contributed by atoms with Gasteiger partial charge in [0.2, 0.25) is 0 Å². The Morgan fingerprint density at radius 1 is 1.12 bits per heavy atom. The standard InChI is InChI=1S/C14H19FO/c15-13-8-5-4-6-11(13)10-12-7-2-1-3-9-14(12)16/h4-6,8,12,14,16H,1-3,7,9-10H2. The Kier molecular flexibility index (Phi) is 3.94. The zero-order chi connectivity index (χ0) is 11.4. The Morgan fingerprint density at radius 3 is 2.69 bits per heavy atom. The van der Waals surface area contributed by atoms with E-state index in [1.165, 1.54) is 12.5 Å². The third-order valence-corrected chi connectivity index (χ3v) is 3.56. The summed E-state index contributed by atoms with van der Waals surface area (Å²) in [4.78, 5) is 0. The van der Waals surface area contributed by atoms with Crippen LogP contribution in [-0.2, 0) is 6.42 Å². The summed E-state index contributed by atoms with van der Waals surface area (Å²) in [5, 5.41) is 9.98. The van der Waals surface area contributed by atoms with E-state index in [4.69, 9.17) is 0 Å². The highest BCUT2D eigenvalue weighted by molar-refractivity contribution is 5.18. The lowest BCUT2D eigenvalue weighted by molar-refractivity contribution is 0.100. The Morgan fingerprint density at radius 2 is 1.88 bits per heavy atom. The van der Waals surface area contributed by atoms with Crippen molar-refractivity contribution in [2.24, 2.45) is 5.92 Å². The molecule has 1 aromatic carbocycles. The van der Waals surface area contributed by atoms with Crippen molar-refractivity contribution in [3.63, 3.8) is 0 Å². The van der Waals surface area contributed by atoms with Gasteiger partial charge in [-0.1, -0.05) is 37.5 Å². The van der Waals surface area contributed by atoms with Gasteiger partial charge in [0.05, 0.1) is 6.10 Å². The van der Waals surface area contributed by atoms with Crippen molar-refractivity contribution in [2.45, 2.75) is 44.6 Å². The van der Waals surface area contributed by atoms with E-state index in [2.05, 4.69) is 0 Å². The highest BCUT2D eigenvalue weighted by Gasteiger charge is 2.22. The molecule has 1 fully saturated rings. The maximum absolute atomic E-state index is 13.5. The average molecular weight is 222 g/mol. The van der Waals surface area contributed by atoms with Crippen LogP contribution >= 0.6 is 0 Å². The fourth-order valence-corrected chi connectivity index (χ4v) is 2.55. The van der Waals surface area contributed by atoms with Gasteiger partial charge >= 0.3 is 0 Å². The topological polar surface area (TPSA) is 20.2 Å². The molecular weight excluding hydrogens is 203 g/mol. The maximum Gasteiger partial charge on any atom is 0.126 e. The minimum absolute atomic E-state index is 0.140. The van der Waals surface area contributed by atoms with Crippen LogP contribution in [0.2, 0.25) is 0 Å². The molecule has 1 nitrogen and oxygen atoms in total.